The second kappa shape index (κ2) is 37.3. The molecule has 8 heteroatoms. The van der Waals surface area contributed by atoms with Crippen molar-refractivity contribution in [1.29, 1.82) is 0 Å². The van der Waals surface area contributed by atoms with Crippen molar-refractivity contribution >= 4 is 10.1 Å². The first-order chi connectivity index (χ1) is 28.2. The second-order valence-electron chi connectivity index (χ2n) is 17.5. The van der Waals surface area contributed by atoms with Crippen molar-refractivity contribution in [2.75, 3.05) is 45.2 Å². The summed E-state index contributed by atoms with van der Waals surface area (Å²) in [6, 6.07) is 4.33. The minimum absolute atomic E-state index is 0.209. The van der Waals surface area contributed by atoms with Crippen LogP contribution in [-0.4, -0.2) is 62.7 Å². The smallest absolute Gasteiger partial charge is 0.265 e. The van der Waals surface area contributed by atoms with Gasteiger partial charge in [-0.25, -0.2) is 0 Å². The van der Waals surface area contributed by atoms with Gasteiger partial charge in [-0.05, 0) is 45.2 Å². The zero-order valence-corrected chi connectivity index (χ0v) is 39.9. The number of rotatable bonds is 44. The van der Waals surface area contributed by atoms with Gasteiger partial charge in [0.25, 0.3) is 10.1 Å². The molecule has 0 bridgehead atoms. The molecule has 58 heavy (non-hydrogen) atoms. The van der Waals surface area contributed by atoms with E-state index in [2.05, 4.69) is 46.8 Å². The first-order valence-corrected chi connectivity index (χ1v) is 26.7. The van der Waals surface area contributed by atoms with Gasteiger partial charge >= 0.3 is 0 Å². The summed E-state index contributed by atoms with van der Waals surface area (Å²) < 4.78 is 53.3. The van der Waals surface area contributed by atoms with Crippen molar-refractivity contribution in [2.45, 2.75) is 240 Å². The molecule has 0 spiro atoms. The maximum atomic E-state index is 11.6. The summed E-state index contributed by atoms with van der Waals surface area (Å²) in [7, 11) is -4.00. The predicted octanol–water partition coefficient (Wildman–Crippen LogP) is 15.2. The third-order valence-corrected chi connectivity index (χ3v) is 13.0. The number of benzene rings is 1. The lowest BCUT2D eigenvalue weighted by molar-refractivity contribution is -0.937. The van der Waals surface area contributed by atoms with Gasteiger partial charge in [-0.1, -0.05) is 194 Å². The van der Waals surface area contributed by atoms with Gasteiger partial charge in [0.15, 0.2) is 11.5 Å². The van der Waals surface area contributed by atoms with Gasteiger partial charge in [-0.3, -0.25) is 4.55 Å². The summed E-state index contributed by atoms with van der Waals surface area (Å²) in [5.74, 6) is 2.10. The van der Waals surface area contributed by atoms with Crippen LogP contribution in [0.4, 0.5) is 0 Å². The Hall–Kier alpha value is -1.51. The van der Waals surface area contributed by atoms with Crippen molar-refractivity contribution < 1.29 is 31.7 Å². The lowest BCUT2D eigenvalue weighted by Crippen LogP contribution is -2.48. The monoisotopic (exact) mass is 839 g/mol. The molecule has 1 aromatic rings. The zero-order chi connectivity index (χ0) is 42.4. The van der Waals surface area contributed by atoms with Gasteiger partial charge in [0.2, 0.25) is 5.75 Å². The van der Waals surface area contributed by atoms with E-state index in [0.717, 1.165) is 66.2 Å². The fourth-order valence-corrected chi connectivity index (χ4v) is 8.69. The molecule has 1 rings (SSSR count). The van der Waals surface area contributed by atoms with E-state index in [1.54, 1.807) is 0 Å². The Bertz CT molecular complexity index is 1120. The number of hydrogen-bond donors (Lipinski definition) is 1. The summed E-state index contributed by atoms with van der Waals surface area (Å²) in [4.78, 5) is 0. The number of hydrogen-bond acceptors (Lipinski definition) is 5. The molecule has 7 nitrogen and oxygen atoms in total. The van der Waals surface area contributed by atoms with E-state index >= 15 is 0 Å². The van der Waals surface area contributed by atoms with Crippen LogP contribution >= 0.6 is 0 Å². The van der Waals surface area contributed by atoms with Crippen LogP contribution < -0.4 is 14.2 Å². The molecule has 0 atom stereocenters. The SMILES string of the molecule is CCCCCCCCCCCCOc1cc(C[N+](CC)(CC)CCCS(=O)(=O)O)cc(OCCCCCCCCCCCC)c1OCCCCCCCCCCCC. The van der Waals surface area contributed by atoms with Gasteiger partial charge in [0.05, 0.1) is 45.2 Å². The fourth-order valence-electron chi connectivity index (χ4n) is 8.20. The summed E-state index contributed by atoms with van der Waals surface area (Å²) in [6.07, 6.45) is 39.0. The molecule has 0 aliphatic carbocycles. The normalized spacial score (nSPS) is 12.0. The zero-order valence-electron chi connectivity index (χ0n) is 39.1. The second-order valence-corrected chi connectivity index (χ2v) is 19.1. The molecule has 1 aromatic carbocycles. The van der Waals surface area contributed by atoms with Crippen LogP contribution in [0.1, 0.15) is 239 Å². The number of unbranched alkanes of at least 4 members (excludes halogenated alkanes) is 27. The van der Waals surface area contributed by atoms with E-state index in [-0.39, 0.29) is 5.75 Å². The van der Waals surface area contributed by atoms with Gasteiger partial charge < -0.3 is 18.7 Å². The van der Waals surface area contributed by atoms with E-state index in [4.69, 9.17) is 14.2 Å². The molecule has 0 aliphatic rings. The molecule has 0 radical (unpaired) electrons. The van der Waals surface area contributed by atoms with Crippen molar-refractivity contribution in [1.82, 2.24) is 0 Å². The molecule has 0 amide bonds. The topological polar surface area (TPSA) is 82.1 Å². The number of ether oxygens (including phenoxy) is 3. The lowest BCUT2D eigenvalue weighted by atomic mass is 10.1. The van der Waals surface area contributed by atoms with E-state index in [1.807, 2.05) is 0 Å². The number of quaternary nitrogens is 1. The van der Waals surface area contributed by atoms with Crippen LogP contribution in [0.3, 0.4) is 0 Å². The Morgan fingerprint density at radius 2 is 0.759 bits per heavy atom. The van der Waals surface area contributed by atoms with E-state index in [0.29, 0.717) is 32.8 Å². The molecule has 0 saturated carbocycles. The van der Waals surface area contributed by atoms with E-state index < -0.39 is 10.1 Å². The molecule has 0 aliphatic heterocycles. The molecule has 0 unspecified atom stereocenters. The third-order valence-electron chi connectivity index (χ3n) is 12.2. The summed E-state index contributed by atoms with van der Waals surface area (Å²) in [5.41, 5.74) is 1.12. The summed E-state index contributed by atoms with van der Waals surface area (Å²) in [6.45, 7) is 16.3. The van der Waals surface area contributed by atoms with Crippen LogP contribution in [0.25, 0.3) is 0 Å². The minimum atomic E-state index is -4.00. The summed E-state index contributed by atoms with van der Waals surface area (Å²) in [5, 5.41) is 0. The fraction of sp³-hybridized carbons (Fsp3) is 0.880. The third kappa shape index (κ3) is 29.7. The highest BCUT2D eigenvalue weighted by Gasteiger charge is 2.27. The highest BCUT2D eigenvalue weighted by Crippen LogP contribution is 2.40. The van der Waals surface area contributed by atoms with Crippen LogP contribution in [0.2, 0.25) is 0 Å². The van der Waals surface area contributed by atoms with Crippen LogP contribution in [0.15, 0.2) is 12.1 Å². The Morgan fingerprint density at radius 3 is 1.07 bits per heavy atom. The van der Waals surface area contributed by atoms with Crippen LogP contribution in [0, 0.1) is 0 Å². The lowest BCUT2D eigenvalue weighted by Gasteiger charge is -2.37. The largest absolute Gasteiger partial charge is 0.490 e. The Labute approximate surface area is 360 Å². The van der Waals surface area contributed by atoms with E-state index in [1.165, 1.54) is 173 Å². The molecule has 0 saturated heterocycles. The van der Waals surface area contributed by atoms with Gasteiger partial charge in [-0.15, -0.1) is 0 Å². The van der Waals surface area contributed by atoms with Gasteiger partial charge in [0.1, 0.15) is 6.54 Å². The molecule has 0 heterocycles. The Morgan fingerprint density at radius 1 is 0.448 bits per heavy atom. The highest BCUT2D eigenvalue weighted by molar-refractivity contribution is 7.85. The molecular weight excluding hydrogens is 743 g/mol. The van der Waals surface area contributed by atoms with Crippen LogP contribution in [-0.2, 0) is 16.7 Å². The molecule has 1 N–H and O–H groups in total. The summed E-state index contributed by atoms with van der Waals surface area (Å²) >= 11 is 0. The van der Waals surface area contributed by atoms with Crippen molar-refractivity contribution in [2.24, 2.45) is 0 Å². The maximum absolute atomic E-state index is 11.6. The molecule has 0 fully saturated rings. The van der Waals surface area contributed by atoms with E-state index in [9.17, 15) is 13.0 Å². The van der Waals surface area contributed by atoms with Crippen molar-refractivity contribution in [3.8, 4) is 17.2 Å². The molecule has 0 aromatic heterocycles. The predicted molar refractivity (Wildman–Crippen MR) is 249 cm³/mol. The molecule has 342 valence electrons. The first kappa shape index (κ1) is 54.5. The van der Waals surface area contributed by atoms with Gasteiger partial charge in [-0.2, -0.15) is 8.42 Å². The Kier molecular flexibility index (Phi) is 35.0. The maximum Gasteiger partial charge on any atom is 0.265 e. The number of nitrogens with zero attached hydrogens (tertiary/aromatic N) is 1. The standard InChI is InChI=1S/C50H95NO6S/c1-6-11-14-17-20-23-26-29-32-35-40-55-48-44-47(46-51(9-4,10-5)39-38-43-58(52,53)54)45-49(56-41-36-33-30-27-24-21-18-15-12-7-2)50(48)57-42-37-34-31-28-25-22-19-16-13-8-3/h44-45H,6-43,46H2,1-5H3/p+1. The van der Waals surface area contributed by atoms with Crippen LogP contribution in [0.5, 0.6) is 17.2 Å². The highest BCUT2D eigenvalue weighted by atomic mass is 32.2. The van der Waals surface area contributed by atoms with Gasteiger partial charge in [0, 0.05) is 12.0 Å². The van der Waals surface area contributed by atoms with Crippen molar-refractivity contribution in [3.05, 3.63) is 17.7 Å². The minimum Gasteiger partial charge on any atom is -0.490 e. The quantitative estimate of drug-likeness (QED) is 0.0400. The Balaban J connectivity index is 3.07. The first-order valence-electron chi connectivity index (χ1n) is 25.1. The average molecular weight is 839 g/mol. The van der Waals surface area contributed by atoms with Crippen molar-refractivity contribution in [3.63, 3.8) is 0 Å². The molecular formula is C50H96NO6S+. The average Bonchev–Trinajstić information content (AvgIpc) is 3.20.